The van der Waals surface area contributed by atoms with Crippen LogP contribution in [0.3, 0.4) is 0 Å². The number of hydrogen-bond acceptors (Lipinski definition) is 3. The highest BCUT2D eigenvalue weighted by Crippen LogP contribution is 2.53. The molecule has 4 heteroatoms. The molecule has 0 spiro atoms. The Balaban J connectivity index is 1.78. The van der Waals surface area contributed by atoms with Gasteiger partial charge in [-0.3, -0.25) is 4.79 Å². The van der Waals surface area contributed by atoms with Crippen molar-refractivity contribution >= 4 is 17.4 Å². The van der Waals surface area contributed by atoms with E-state index in [9.17, 15) is 4.79 Å². The van der Waals surface area contributed by atoms with E-state index in [1.54, 1.807) is 0 Å². The number of rotatable bonds is 4. The van der Waals surface area contributed by atoms with Crippen LogP contribution >= 0.6 is 11.6 Å². The van der Waals surface area contributed by atoms with Gasteiger partial charge in [-0.2, -0.15) is 0 Å². The van der Waals surface area contributed by atoms with E-state index in [0.717, 1.165) is 18.4 Å². The van der Waals surface area contributed by atoms with Gasteiger partial charge in [0, 0.05) is 5.02 Å². The minimum atomic E-state index is -0.653. The Morgan fingerprint density at radius 3 is 2.71 bits per heavy atom. The van der Waals surface area contributed by atoms with Crippen LogP contribution in [-0.4, -0.2) is 23.1 Å². The molecule has 2 bridgehead atoms. The van der Waals surface area contributed by atoms with Gasteiger partial charge in [-0.1, -0.05) is 43.6 Å². The molecule has 0 saturated carbocycles. The van der Waals surface area contributed by atoms with Crippen molar-refractivity contribution in [2.24, 2.45) is 5.92 Å². The molecule has 1 aromatic rings. The molecule has 2 fully saturated rings. The van der Waals surface area contributed by atoms with Crippen LogP contribution in [0.4, 0.5) is 0 Å². The summed E-state index contributed by atoms with van der Waals surface area (Å²) in [5.41, 5.74) is -0.250. The Bertz CT molecular complexity index is 571. The van der Waals surface area contributed by atoms with Gasteiger partial charge in [0.2, 0.25) is 0 Å². The molecular formula is C17H21ClO3. The van der Waals surface area contributed by atoms with Crippen molar-refractivity contribution in [1.29, 1.82) is 0 Å². The quantitative estimate of drug-likeness (QED) is 0.849. The van der Waals surface area contributed by atoms with Crippen LogP contribution in [0.1, 0.15) is 39.2 Å². The Kier molecular flexibility index (Phi) is 3.63. The molecule has 3 nitrogen and oxygen atoms in total. The first-order valence-electron chi connectivity index (χ1n) is 7.48. The minimum absolute atomic E-state index is 0.0957. The molecule has 2 aliphatic heterocycles. The van der Waals surface area contributed by atoms with Crippen LogP contribution in [0.25, 0.3) is 0 Å². The van der Waals surface area contributed by atoms with E-state index in [2.05, 4.69) is 0 Å². The molecule has 0 aliphatic carbocycles. The molecule has 3 rings (SSSR count). The minimum Gasteiger partial charge on any atom is -0.363 e. The zero-order valence-electron chi connectivity index (χ0n) is 12.7. The number of ether oxygens (including phenoxy) is 2. The number of ketones is 1. The average molecular weight is 309 g/mol. The van der Waals surface area contributed by atoms with Crippen LogP contribution in [0.5, 0.6) is 0 Å². The fraction of sp³-hybridized carbons (Fsp3) is 0.588. The molecule has 21 heavy (non-hydrogen) atoms. The van der Waals surface area contributed by atoms with Crippen LogP contribution in [0, 0.1) is 5.92 Å². The van der Waals surface area contributed by atoms with E-state index in [-0.39, 0.29) is 11.7 Å². The van der Waals surface area contributed by atoms with Crippen molar-refractivity contribution in [3.63, 3.8) is 0 Å². The molecule has 0 radical (unpaired) electrons. The van der Waals surface area contributed by atoms with Gasteiger partial charge < -0.3 is 9.47 Å². The van der Waals surface area contributed by atoms with Gasteiger partial charge in [-0.05, 0) is 37.3 Å². The lowest BCUT2D eigenvalue weighted by Gasteiger charge is -2.30. The maximum absolute atomic E-state index is 12.8. The van der Waals surface area contributed by atoms with Crippen molar-refractivity contribution in [3.05, 3.63) is 34.9 Å². The first kappa shape index (κ1) is 15.0. The van der Waals surface area contributed by atoms with Gasteiger partial charge in [0.1, 0.15) is 17.3 Å². The normalized spacial score (nSPS) is 34.9. The number of benzene rings is 1. The van der Waals surface area contributed by atoms with Gasteiger partial charge in [-0.25, -0.2) is 0 Å². The van der Waals surface area contributed by atoms with Gasteiger partial charge in [0.05, 0.1) is 6.61 Å². The van der Waals surface area contributed by atoms with Crippen molar-refractivity contribution in [2.45, 2.75) is 57.5 Å². The van der Waals surface area contributed by atoms with Gasteiger partial charge in [-0.15, -0.1) is 0 Å². The lowest BCUT2D eigenvalue weighted by Crippen LogP contribution is -2.48. The number of carbonyl (C=O) groups excluding carboxylic acids is 1. The summed E-state index contributed by atoms with van der Waals surface area (Å²) in [6.07, 6.45) is 1.17. The van der Waals surface area contributed by atoms with E-state index in [4.69, 9.17) is 21.1 Å². The van der Waals surface area contributed by atoms with Crippen LogP contribution < -0.4 is 0 Å². The van der Waals surface area contributed by atoms with Gasteiger partial charge in [0.25, 0.3) is 0 Å². The summed E-state index contributed by atoms with van der Waals surface area (Å²) in [5.74, 6) is 0.263. The summed E-state index contributed by atoms with van der Waals surface area (Å²) in [4.78, 5) is 12.8. The fourth-order valence-electron chi connectivity index (χ4n) is 3.54. The van der Waals surface area contributed by atoms with Crippen LogP contribution in [0.15, 0.2) is 24.3 Å². The highest BCUT2D eigenvalue weighted by atomic mass is 35.5. The van der Waals surface area contributed by atoms with Crippen LogP contribution in [0.2, 0.25) is 5.02 Å². The standard InChI is InChI=1S/C17H21ClO3/c1-11(2)17-9-8-16(3,21-17)15(14(17)19)20-10-12-6-4-5-7-13(12)18/h4-7,11,15H,8-10H2,1-3H3/t15-,16+,17+/m1/s1. The zero-order valence-corrected chi connectivity index (χ0v) is 13.4. The molecule has 1 aromatic carbocycles. The first-order chi connectivity index (χ1) is 9.89. The highest BCUT2D eigenvalue weighted by molar-refractivity contribution is 6.31. The second kappa shape index (κ2) is 5.08. The summed E-state index contributed by atoms with van der Waals surface area (Å²) >= 11 is 6.14. The summed E-state index contributed by atoms with van der Waals surface area (Å²) in [6, 6.07) is 7.55. The number of Topliss-reactive ketones (excluding diaryl/α,β-unsaturated/α-hetero) is 1. The van der Waals surface area contributed by atoms with Gasteiger partial charge in [0.15, 0.2) is 5.78 Å². The molecule has 2 aliphatic rings. The van der Waals surface area contributed by atoms with Crippen LogP contribution in [-0.2, 0) is 20.9 Å². The SMILES string of the molecule is CC(C)[C@]12CC[C@](C)(O1)[C@H](OCc1ccccc1Cl)C2=O. The zero-order chi connectivity index (χ0) is 15.3. The maximum atomic E-state index is 12.8. The highest BCUT2D eigenvalue weighted by Gasteiger charge is 2.67. The van der Waals surface area contributed by atoms with E-state index in [0.29, 0.717) is 11.6 Å². The van der Waals surface area contributed by atoms with E-state index < -0.39 is 17.3 Å². The Morgan fingerprint density at radius 2 is 2.10 bits per heavy atom. The van der Waals surface area contributed by atoms with E-state index in [1.165, 1.54) is 0 Å². The molecule has 0 aromatic heterocycles. The second-order valence-corrected chi connectivity index (χ2v) is 7.01. The molecule has 0 unspecified atom stereocenters. The number of fused-ring (bicyclic) bond motifs is 2. The van der Waals surface area contributed by atoms with Gasteiger partial charge >= 0.3 is 0 Å². The molecule has 114 valence electrons. The monoisotopic (exact) mass is 308 g/mol. The average Bonchev–Trinajstić information content (AvgIpc) is 2.90. The Hall–Kier alpha value is -0.900. The lowest BCUT2D eigenvalue weighted by molar-refractivity contribution is -0.139. The molecule has 2 heterocycles. The number of halogens is 1. The Morgan fingerprint density at radius 1 is 1.38 bits per heavy atom. The molecule has 3 atom stereocenters. The number of carbonyl (C=O) groups is 1. The van der Waals surface area contributed by atoms with Crippen molar-refractivity contribution < 1.29 is 14.3 Å². The van der Waals surface area contributed by atoms with E-state index >= 15 is 0 Å². The third-order valence-corrected chi connectivity index (χ3v) is 5.28. The topological polar surface area (TPSA) is 35.5 Å². The summed E-state index contributed by atoms with van der Waals surface area (Å²) < 4.78 is 12.1. The molecular weight excluding hydrogens is 288 g/mol. The predicted octanol–water partition coefficient (Wildman–Crippen LogP) is 3.77. The summed E-state index contributed by atoms with van der Waals surface area (Å²) in [6.45, 7) is 6.41. The number of hydrogen-bond donors (Lipinski definition) is 0. The summed E-state index contributed by atoms with van der Waals surface area (Å²) in [7, 11) is 0. The lowest BCUT2D eigenvalue weighted by atomic mass is 9.74. The third-order valence-electron chi connectivity index (χ3n) is 4.91. The molecule has 0 N–H and O–H groups in total. The van der Waals surface area contributed by atoms with Crippen molar-refractivity contribution in [1.82, 2.24) is 0 Å². The molecule has 0 amide bonds. The van der Waals surface area contributed by atoms with E-state index in [1.807, 2.05) is 45.0 Å². The fourth-order valence-corrected chi connectivity index (χ4v) is 3.73. The Labute approximate surface area is 130 Å². The smallest absolute Gasteiger partial charge is 0.196 e. The largest absolute Gasteiger partial charge is 0.363 e. The summed E-state index contributed by atoms with van der Waals surface area (Å²) in [5, 5.41) is 0.665. The van der Waals surface area contributed by atoms with Crippen molar-refractivity contribution in [2.75, 3.05) is 0 Å². The first-order valence-corrected chi connectivity index (χ1v) is 7.86. The second-order valence-electron chi connectivity index (χ2n) is 6.61. The predicted molar refractivity (Wildman–Crippen MR) is 81.3 cm³/mol. The third kappa shape index (κ3) is 2.23. The van der Waals surface area contributed by atoms with Crippen molar-refractivity contribution in [3.8, 4) is 0 Å². The molecule has 2 saturated heterocycles. The maximum Gasteiger partial charge on any atom is 0.196 e.